The van der Waals surface area contributed by atoms with Crippen molar-refractivity contribution in [1.29, 1.82) is 5.41 Å². The predicted molar refractivity (Wildman–Crippen MR) is 52.1 cm³/mol. The minimum atomic E-state index is 0.101. The molecule has 1 fully saturated rings. The fraction of sp³-hybridized carbons (Fsp3) is 0.333. The molecular formula is C9H12N4. The number of nitrogens with one attached hydrogen (secondary N) is 1. The van der Waals surface area contributed by atoms with Crippen molar-refractivity contribution in [3.05, 3.63) is 23.9 Å². The minimum absolute atomic E-state index is 0.101. The lowest BCUT2D eigenvalue weighted by Crippen LogP contribution is -2.37. The van der Waals surface area contributed by atoms with E-state index in [9.17, 15) is 0 Å². The van der Waals surface area contributed by atoms with E-state index in [1.54, 1.807) is 12.3 Å². The lowest BCUT2D eigenvalue weighted by molar-refractivity contribution is 0.609. The van der Waals surface area contributed by atoms with E-state index < -0.39 is 0 Å². The number of anilines is 1. The number of pyridine rings is 1. The van der Waals surface area contributed by atoms with Crippen LogP contribution >= 0.6 is 0 Å². The molecule has 3 N–H and O–H groups in total. The molecule has 4 nitrogen and oxygen atoms in total. The zero-order chi connectivity index (χ0) is 9.26. The SMILES string of the molecule is N=C(N)c1ccnc(N2CCC2)c1. The number of amidine groups is 1. The van der Waals surface area contributed by atoms with Crippen molar-refractivity contribution in [1.82, 2.24) is 4.98 Å². The molecule has 1 aliphatic heterocycles. The van der Waals surface area contributed by atoms with Gasteiger partial charge in [0.05, 0.1) is 0 Å². The van der Waals surface area contributed by atoms with Crippen LogP contribution in [0.25, 0.3) is 0 Å². The van der Waals surface area contributed by atoms with Gasteiger partial charge in [0.2, 0.25) is 0 Å². The van der Waals surface area contributed by atoms with Crippen molar-refractivity contribution < 1.29 is 0 Å². The molecule has 2 heterocycles. The molecule has 68 valence electrons. The van der Waals surface area contributed by atoms with Gasteiger partial charge in [-0.3, -0.25) is 5.41 Å². The number of hydrogen-bond acceptors (Lipinski definition) is 3. The fourth-order valence-corrected chi connectivity index (χ4v) is 1.30. The number of hydrogen-bond donors (Lipinski definition) is 2. The normalized spacial score (nSPS) is 15.2. The van der Waals surface area contributed by atoms with Crippen molar-refractivity contribution in [3.8, 4) is 0 Å². The summed E-state index contributed by atoms with van der Waals surface area (Å²) in [4.78, 5) is 6.39. The molecule has 0 amide bonds. The monoisotopic (exact) mass is 176 g/mol. The highest BCUT2D eigenvalue weighted by Crippen LogP contribution is 2.18. The second-order valence-corrected chi connectivity index (χ2v) is 3.16. The van der Waals surface area contributed by atoms with Crippen LogP contribution in [0, 0.1) is 5.41 Å². The summed E-state index contributed by atoms with van der Waals surface area (Å²) >= 11 is 0. The molecule has 1 aliphatic rings. The number of nitrogens with zero attached hydrogens (tertiary/aromatic N) is 2. The Morgan fingerprint density at radius 1 is 1.54 bits per heavy atom. The Kier molecular flexibility index (Phi) is 1.88. The van der Waals surface area contributed by atoms with E-state index in [-0.39, 0.29) is 5.84 Å². The Bertz CT molecular complexity index is 330. The topological polar surface area (TPSA) is 66.0 Å². The van der Waals surface area contributed by atoms with Crippen molar-refractivity contribution in [2.45, 2.75) is 6.42 Å². The molecule has 0 radical (unpaired) electrons. The molecule has 1 aromatic rings. The van der Waals surface area contributed by atoms with E-state index in [2.05, 4.69) is 9.88 Å². The lowest BCUT2D eigenvalue weighted by atomic mass is 10.2. The Morgan fingerprint density at radius 3 is 2.85 bits per heavy atom. The van der Waals surface area contributed by atoms with Gasteiger partial charge in [-0.05, 0) is 18.6 Å². The summed E-state index contributed by atoms with van der Waals surface area (Å²) < 4.78 is 0. The second kappa shape index (κ2) is 3.05. The average molecular weight is 176 g/mol. The molecule has 1 saturated heterocycles. The molecule has 1 aromatic heterocycles. The zero-order valence-electron chi connectivity index (χ0n) is 7.33. The first kappa shape index (κ1) is 8.04. The van der Waals surface area contributed by atoms with Crippen LogP contribution in [-0.4, -0.2) is 23.9 Å². The van der Waals surface area contributed by atoms with Crippen LogP contribution in [0.3, 0.4) is 0 Å². The highest BCUT2D eigenvalue weighted by molar-refractivity contribution is 5.95. The summed E-state index contributed by atoms with van der Waals surface area (Å²) in [6.45, 7) is 2.13. The molecule has 0 saturated carbocycles. The summed E-state index contributed by atoms with van der Waals surface area (Å²) in [5, 5.41) is 7.28. The fourth-order valence-electron chi connectivity index (χ4n) is 1.30. The molecule has 4 heteroatoms. The molecular weight excluding hydrogens is 164 g/mol. The smallest absolute Gasteiger partial charge is 0.129 e. The highest BCUT2D eigenvalue weighted by Gasteiger charge is 2.15. The maximum atomic E-state index is 7.28. The van der Waals surface area contributed by atoms with Gasteiger partial charge in [-0.1, -0.05) is 0 Å². The van der Waals surface area contributed by atoms with E-state index in [4.69, 9.17) is 11.1 Å². The first-order valence-corrected chi connectivity index (χ1v) is 4.33. The molecule has 0 spiro atoms. The average Bonchev–Trinajstić information content (AvgIpc) is 2.01. The highest BCUT2D eigenvalue weighted by atomic mass is 15.2. The summed E-state index contributed by atoms with van der Waals surface area (Å²) in [5.41, 5.74) is 6.13. The molecule has 0 aromatic carbocycles. The van der Waals surface area contributed by atoms with Crippen LogP contribution in [0.4, 0.5) is 5.82 Å². The minimum Gasteiger partial charge on any atom is -0.384 e. The summed E-state index contributed by atoms with van der Waals surface area (Å²) in [6, 6.07) is 3.62. The number of nitrogens with two attached hydrogens (primary N) is 1. The third kappa shape index (κ3) is 1.47. The van der Waals surface area contributed by atoms with E-state index >= 15 is 0 Å². The van der Waals surface area contributed by atoms with Gasteiger partial charge in [-0.25, -0.2) is 4.98 Å². The summed E-state index contributed by atoms with van der Waals surface area (Å²) in [5.74, 6) is 1.03. The molecule has 2 rings (SSSR count). The Labute approximate surface area is 76.9 Å². The first-order valence-electron chi connectivity index (χ1n) is 4.33. The third-order valence-electron chi connectivity index (χ3n) is 2.24. The molecule has 13 heavy (non-hydrogen) atoms. The summed E-state index contributed by atoms with van der Waals surface area (Å²) in [7, 11) is 0. The van der Waals surface area contributed by atoms with Gasteiger partial charge in [0, 0.05) is 24.8 Å². The van der Waals surface area contributed by atoms with Gasteiger partial charge in [-0.2, -0.15) is 0 Å². The van der Waals surface area contributed by atoms with Crippen molar-refractivity contribution in [2.24, 2.45) is 5.73 Å². The molecule has 0 aliphatic carbocycles. The second-order valence-electron chi connectivity index (χ2n) is 3.16. The van der Waals surface area contributed by atoms with Crippen molar-refractivity contribution in [2.75, 3.05) is 18.0 Å². The Balaban J connectivity index is 2.26. The third-order valence-corrected chi connectivity index (χ3v) is 2.24. The van der Waals surface area contributed by atoms with Crippen LogP contribution in [0.1, 0.15) is 12.0 Å². The quantitative estimate of drug-likeness (QED) is 0.511. The van der Waals surface area contributed by atoms with Crippen LogP contribution in [0.2, 0.25) is 0 Å². The van der Waals surface area contributed by atoms with Gasteiger partial charge in [0.1, 0.15) is 11.7 Å². The van der Waals surface area contributed by atoms with Gasteiger partial charge < -0.3 is 10.6 Å². The Morgan fingerprint density at radius 2 is 2.31 bits per heavy atom. The standard InChI is InChI=1S/C9H12N4/c10-9(11)7-2-3-12-8(6-7)13-4-1-5-13/h2-3,6H,1,4-5H2,(H3,10,11). The van der Waals surface area contributed by atoms with Crippen LogP contribution < -0.4 is 10.6 Å². The number of rotatable bonds is 2. The maximum absolute atomic E-state index is 7.28. The van der Waals surface area contributed by atoms with Crippen molar-refractivity contribution in [3.63, 3.8) is 0 Å². The van der Waals surface area contributed by atoms with Gasteiger partial charge >= 0.3 is 0 Å². The maximum Gasteiger partial charge on any atom is 0.129 e. The van der Waals surface area contributed by atoms with Gasteiger partial charge in [0.25, 0.3) is 0 Å². The lowest BCUT2D eigenvalue weighted by Gasteiger charge is -2.32. The van der Waals surface area contributed by atoms with E-state index in [0.717, 1.165) is 24.5 Å². The zero-order valence-corrected chi connectivity index (χ0v) is 7.33. The molecule has 0 unspecified atom stereocenters. The first-order chi connectivity index (χ1) is 6.27. The van der Waals surface area contributed by atoms with Crippen molar-refractivity contribution >= 4 is 11.7 Å². The predicted octanol–water partition coefficient (Wildman–Crippen LogP) is 0.576. The van der Waals surface area contributed by atoms with E-state index in [1.165, 1.54) is 6.42 Å². The van der Waals surface area contributed by atoms with Gasteiger partial charge in [0.15, 0.2) is 0 Å². The van der Waals surface area contributed by atoms with Crippen LogP contribution in [-0.2, 0) is 0 Å². The van der Waals surface area contributed by atoms with Gasteiger partial charge in [-0.15, -0.1) is 0 Å². The largest absolute Gasteiger partial charge is 0.384 e. The molecule has 0 bridgehead atoms. The van der Waals surface area contributed by atoms with E-state index in [1.807, 2.05) is 6.07 Å². The van der Waals surface area contributed by atoms with Crippen LogP contribution in [0.15, 0.2) is 18.3 Å². The number of aromatic nitrogens is 1. The summed E-state index contributed by atoms with van der Waals surface area (Å²) in [6.07, 6.45) is 2.93. The van der Waals surface area contributed by atoms with Crippen LogP contribution in [0.5, 0.6) is 0 Å². The number of nitrogen functional groups attached to an aromatic ring is 1. The molecule has 0 atom stereocenters. The van der Waals surface area contributed by atoms with E-state index in [0.29, 0.717) is 0 Å². The Hall–Kier alpha value is -1.58.